The van der Waals surface area contributed by atoms with Crippen molar-refractivity contribution in [3.05, 3.63) is 46.9 Å². The second-order valence-electron chi connectivity index (χ2n) is 3.92. The summed E-state index contributed by atoms with van der Waals surface area (Å²) in [6, 6.07) is 8.47. The normalized spacial score (nSPS) is 10.3. The number of hydrogen-bond donors (Lipinski definition) is 1. The number of rotatable bonds is 4. The van der Waals surface area contributed by atoms with Crippen molar-refractivity contribution in [3.8, 4) is 5.75 Å². The third kappa shape index (κ3) is 3.09. The molecule has 19 heavy (non-hydrogen) atoms. The van der Waals surface area contributed by atoms with Crippen molar-refractivity contribution in [2.24, 2.45) is 0 Å². The number of furan rings is 1. The van der Waals surface area contributed by atoms with E-state index >= 15 is 0 Å². The number of benzene rings is 1. The largest absolute Gasteiger partial charge is 0.495 e. The number of aryl methyl sites for hydroxylation is 1. The van der Waals surface area contributed by atoms with Crippen LogP contribution in [0.2, 0.25) is 5.02 Å². The van der Waals surface area contributed by atoms with Crippen LogP contribution in [0.15, 0.2) is 34.7 Å². The number of carbonyl (C=O) groups is 1. The maximum atomic E-state index is 11.9. The number of methoxy groups -OCH3 is 1. The Morgan fingerprint density at radius 2 is 2.16 bits per heavy atom. The third-order valence-electron chi connectivity index (χ3n) is 2.64. The zero-order valence-electron chi connectivity index (χ0n) is 10.7. The van der Waals surface area contributed by atoms with Gasteiger partial charge in [-0.3, -0.25) is 4.79 Å². The van der Waals surface area contributed by atoms with Crippen LogP contribution in [0.5, 0.6) is 5.75 Å². The third-order valence-corrected chi connectivity index (χ3v) is 2.94. The second-order valence-corrected chi connectivity index (χ2v) is 4.33. The molecule has 0 saturated carbocycles. The van der Waals surface area contributed by atoms with Gasteiger partial charge in [-0.25, -0.2) is 0 Å². The summed E-state index contributed by atoms with van der Waals surface area (Å²) < 4.78 is 10.4. The number of amides is 1. The van der Waals surface area contributed by atoms with Crippen LogP contribution in [0.4, 0.5) is 5.69 Å². The van der Waals surface area contributed by atoms with Crippen LogP contribution in [-0.2, 0) is 6.42 Å². The quantitative estimate of drug-likeness (QED) is 0.927. The average Bonchev–Trinajstić information content (AvgIpc) is 2.88. The number of nitrogens with one attached hydrogen (secondary N) is 1. The molecule has 0 radical (unpaired) electrons. The number of halogens is 1. The first-order valence-electron chi connectivity index (χ1n) is 5.87. The Morgan fingerprint density at radius 3 is 2.74 bits per heavy atom. The molecule has 0 aliphatic carbocycles. The van der Waals surface area contributed by atoms with E-state index in [0.717, 1.165) is 12.2 Å². The predicted molar refractivity (Wildman–Crippen MR) is 74.0 cm³/mol. The maximum Gasteiger partial charge on any atom is 0.291 e. The van der Waals surface area contributed by atoms with E-state index in [1.165, 1.54) is 7.11 Å². The molecule has 0 aliphatic rings. The van der Waals surface area contributed by atoms with Crippen LogP contribution < -0.4 is 10.1 Å². The van der Waals surface area contributed by atoms with Crippen molar-refractivity contribution in [1.29, 1.82) is 0 Å². The fraction of sp³-hybridized carbons (Fsp3) is 0.214. The Balaban J connectivity index is 2.12. The summed E-state index contributed by atoms with van der Waals surface area (Å²) in [6.07, 6.45) is 0.752. The average molecular weight is 280 g/mol. The van der Waals surface area contributed by atoms with Crippen molar-refractivity contribution < 1.29 is 13.9 Å². The van der Waals surface area contributed by atoms with E-state index in [0.29, 0.717) is 16.5 Å². The fourth-order valence-corrected chi connectivity index (χ4v) is 1.88. The monoisotopic (exact) mass is 279 g/mol. The molecule has 2 aromatic rings. The molecule has 0 unspecified atom stereocenters. The highest BCUT2D eigenvalue weighted by Gasteiger charge is 2.11. The Bertz CT molecular complexity index is 592. The van der Waals surface area contributed by atoms with E-state index in [2.05, 4.69) is 5.32 Å². The molecular weight excluding hydrogens is 266 g/mol. The predicted octanol–water partition coefficient (Wildman–Crippen LogP) is 3.76. The van der Waals surface area contributed by atoms with Crippen molar-refractivity contribution in [2.45, 2.75) is 13.3 Å². The van der Waals surface area contributed by atoms with E-state index in [4.69, 9.17) is 20.8 Å². The molecule has 1 aromatic heterocycles. The molecule has 100 valence electrons. The van der Waals surface area contributed by atoms with Crippen molar-refractivity contribution in [3.63, 3.8) is 0 Å². The molecular formula is C14H14ClNO3. The highest BCUT2D eigenvalue weighted by Crippen LogP contribution is 2.27. The van der Waals surface area contributed by atoms with Crippen molar-refractivity contribution >= 4 is 23.2 Å². The summed E-state index contributed by atoms with van der Waals surface area (Å²) in [5, 5.41) is 3.15. The number of anilines is 1. The fourth-order valence-electron chi connectivity index (χ4n) is 1.63. The van der Waals surface area contributed by atoms with Gasteiger partial charge in [-0.1, -0.05) is 18.5 Å². The first-order valence-corrected chi connectivity index (χ1v) is 6.25. The first-order chi connectivity index (χ1) is 9.13. The Morgan fingerprint density at radius 1 is 1.37 bits per heavy atom. The van der Waals surface area contributed by atoms with Crippen LogP contribution in [0.1, 0.15) is 23.2 Å². The molecule has 4 nitrogen and oxygen atoms in total. The van der Waals surface area contributed by atoms with Gasteiger partial charge < -0.3 is 14.5 Å². The Kier molecular flexibility index (Phi) is 4.12. The van der Waals surface area contributed by atoms with Crippen LogP contribution in [-0.4, -0.2) is 13.0 Å². The molecule has 1 amide bonds. The van der Waals surface area contributed by atoms with Gasteiger partial charge in [0, 0.05) is 12.1 Å². The van der Waals surface area contributed by atoms with Gasteiger partial charge in [-0.2, -0.15) is 0 Å². The minimum Gasteiger partial charge on any atom is -0.495 e. The van der Waals surface area contributed by atoms with E-state index in [1.807, 2.05) is 6.92 Å². The number of ether oxygens (including phenoxy) is 1. The summed E-state index contributed by atoms with van der Waals surface area (Å²) >= 11 is 5.99. The van der Waals surface area contributed by atoms with Crippen LogP contribution in [0.25, 0.3) is 0 Å². The molecule has 0 atom stereocenters. The summed E-state index contributed by atoms with van der Waals surface area (Å²) in [5.41, 5.74) is 0.588. The Hall–Kier alpha value is -1.94. The lowest BCUT2D eigenvalue weighted by Crippen LogP contribution is -2.10. The lowest BCUT2D eigenvalue weighted by Gasteiger charge is -2.06. The van der Waals surface area contributed by atoms with Crippen LogP contribution in [0, 0.1) is 0 Å². The summed E-state index contributed by atoms with van der Waals surface area (Å²) in [7, 11) is 1.54. The molecule has 0 bridgehead atoms. The zero-order chi connectivity index (χ0) is 13.8. The first kappa shape index (κ1) is 13.5. The molecule has 0 saturated heterocycles. The van der Waals surface area contributed by atoms with Gasteiger partial charge in [-0.05, 0) is 30.3 Å². The highest BCUT2D eigenvalue weighted by molar-refractivity contribution is 6.32. The Labute approximate surface area is 116 Å². The molecule has 2 rings (SSSR count). The lowest BCUT2D eigenvalue weighted by atomic mass is 10.3. The SMILES string of the molecule is CCc1ccc(C(=O)Nc2ccc(OC)c(Cl)c2)o1. The molecule has 0 spiro atoms. The highest BCUT2D eigenvalue weighted by atomic mass is 35.5. The lowest BCUT2D eigenvalue weighted by molar-refractivity contribution is 0.0995. The van der Waals surface area contributed by atoms with Gasteiger partial charge >= 0.3 is 0 Å². The van der Waals surface area contributed by atoms with E-state index in [9.17, 15) is 4.79 Å². The number of carbonyl (C=O) groups excluding carboxylic acids is 1. The maximum absolute atomic E-state index is 11.9. The summed E-state index contributed by atoms with van der Waals surface area (Å²) in [6.45, 7) is 1.96. The molecule has 1 N–H and O–H groups in total. The summed E-state index contributed by atoms with van der Waals surface area (Å²) in [4.78, 5) is 11.9. The van der Waals surface area contributed by atoms with Gasteiger partial charge in [0.25, 0.3) is 5.91 Å². The van der Waals surface area contributed by atoms with Crippen molar-refractivity contribution in [1.82, 2.24) is 0 Å². The van der Waals surface area contributed by atoms with E-state index < -0.39 is 0 Å². The smallest absolute Gasteiger partial charge is 0.291 e. The molecule has 1 heterocycles. The zero-order valence-corrected chi connectivity index (χ0v) is 11.5. The van der Waals surface area contributed by atoms with Gasteiger partial charge in [0.05, 0.1) is 12.1 Å². The second kappa shape index (κ2) is 5.80. The van der Waals surface area contributed by atoms with Crippen molar-refractivity contribution in [2.75, 3.05) is 12.4 Å². The van der Waals surface area contributed by atoms with E-state index in [-0.39, 0.29) is 11.7 Å². The van der Waals surface area contributed by atoms with Crippen LogP contribution >= 0.6 is 11.6 Å². The standard InChI is InChI=1S/C14H14ClNO3/c1-3-10-5-7-13(19-10)14(17)16-9-4-6-12(18-2)11(15)8-9/h4-8H,3H2,1-2H3,(H,16,17). The van der Waals surface area contributed by atoms with Gasteiger partial charge in [0.2, 0.25) is 0 Å². The molecule has 5 heteroatoms. The topological polar surface area (TPSA) is 51.5 Å². The van der Waals surface area contributed by atoms with Gasteiger partial charge in [-0.15, -0.1) is 0 Å². The molecule has 0 fully saturated rings. The molecule has 0 aliphatic heterocycles. The molecule has 1 aromatic carbocycles. The van der Waals surface area contributed by atoms with Crippen LogP contribution in [0.3, 0.4) is 0 Å². The number of hydrogen-bond acceptors (Lipinski definition) is 3. The van der Waals surface area contributed by atoms with E-state index in [1.54, 1.807) is 30.3 Å². The van der Waals surface area contributed by atoms with Gasteiger partial charge in [0.15, 0.2) is 5.76 Å². The van der Waals surface area contributed by atoms with Gasteiger partial charge in [0.1, 0.15) is 11.5 Å². The minimum atomic E-state index is -0.305. The summed E-state index contributed by atoms with van der Waals surface area (Å²) in [5.74, 6) is 1.31. The minimum absolute atomic E-state index is 0.281.